The van der Waals surface area contributed by atoms with Crippen LogP contribution in [0.4, 0.5) is 0 Å². The van der Waals surface area contributed by atoms with Crippen molar-refractivity contribution in [3.63, 3.8) is 0 Å². The zero-order valence-corrected chi connectivity index (χ0v) is 5.61. The quantitative estimate of drug-likeness (QED) is 0.379. The van der Waals surface area contributed by atoms with Gasteiger partial charge in [-0.15, -0.1) is 0 Å². The Balaban J connectivity index is 2.90. The van der Waals surface area contributed by atoms with Crippen LogP contribution in [0.15, 0.2) is 24.8 Å². The highest BCUT2D eigenvalue weighted by molar-refractivity contribution is 6.24. The van der Waals surface area contributed by atoms with Gasteiger partial charge < -0.3 is 0 Å². The minimum absolute atomic E-state index is 0.521. The second kappa shape index (κ2) is 2.49. The van der Waals surface area contributed by atoms with E-state index in [2.05, 4.69) is 6.58 Å². The monoisotopic (exact) mass is 151 g/mol. The summed E-state index contributed by atoms with van der Waals surface area (Å²) in [5.41, 5.74) is 0. The maximum Gasteiger partial charge on any atom is 0.260 e. The lowest BCUT2D eigenvalue weighted by molar-refractivity contribution is -0.145. The van der Waals surface area contributed by atoms with E-state index in [0.29, 0.717) is 4.90 Å². The molecule has 3 amide bonds. The van der Waals surface area contributed by atoms with E-state index in [1.54, 1.807) is 0 Å². The summed E-state index contributed by atoms with van der Waals surface area (Å²) in [7, 11) is 0. The normalized spacial score (nSPS) is 15.8. The van der Waals surface area contributed by atoms with Crippen molar-refractivity contribution in [2.45, 2.75) is 0 Å². The first-order chi connectivity index (χ1) is 5.16. The molecule has 0 aliphatic carbocycles. The lowest BCUT2D eigenvalue weighted by atomic mass is 10.5. The Morgan fingerprint density at radius 1 is 1.36 bits per heavy atom. The molecule has 0 fully saturated rings. The zero-order chi connectivity index (χ0) is 8.43. The molecule has 0 unspecified atom stereocenters. The van der Waals surface area contributed by atoms with Crippen LogP contribution in [-0.4, -0.2) is 22.6 Å². The van der Waals surface area contributed by atoms with Crippen molar-refractivity contribution in [2.24, 2.45) is 0 Å². The minimum atomic E-state index is -0.690. The topological polar surface area (TPSA) is 54.5 Å². The fourth-order valence-corrected chi connectivity index (χ4v) is 0.709. The van der Waals surface area contributed by atoms with Crippen LogP contribution in [0.25, 0.3) is 0 Å². The van der Waals surface area contributed by atoms with E-state index >= 15 is 0 Å². The standard InChI is InChI=1S/C7H5NO3/c1-2-5(9)8-6(10)3-4-7(8)11/h2-4H,1H2. The van der Waals surface area contributed by atoms with E-state index in [1.807, 2.05) is 0 Å². The molecule has 1 heterocycles. The molecule has 0 spiro atoms. The van der Waals surface area contributed by atoms with Gasteiger partial charge in [-0.05, 0) is 6.08 Å². The van der Waals surface area contributed by atoms with Gasteiger partial charge in [-0.3, -0.25) is 14.4 Å². The summed E-state index contributed by atoms with van der Waals surface area (Å²) in [5, 5.41) is 0. The van der Waals surface area contributed by atoms with Gasteiger partial charge in [-0.1, -0.05) is 6.58 Å². The lowest BCUT2D eigenvalue weighted by Crippen LogP contribution is -2.34. The van der Waals surface area contributed by atoms with Gasteiger partial charge in [-0.2, -0.15) is 0 Å². The van der Waals surface area contributed by atoms with Gasteiger partial charge in [-0.25, -0.2) is 4.90 Å². The van der Waals surface area contributed by atoms with Gasteiger partial charge >= 0.3 is 0 Å². The van der Waals surface area contributed by atoms with E-state index in [1.165, 1.54) is 0 Å². The van der Waals surface area contributed by atoms with Crippen molar-refractivity contribution >= 4 is 17.7 Å². The highest BCUT2D eigenvalue weighted by Gasteiger charge is 2.27. The van der Waals surface area contributed by atoms with Crippen LogP contribution in [0.1, 0.15) is 0 Å². The molecule has 11 heavy (non-hydrogen) atoms. The third-order valence-corrected chi connectivity index (χ3v) is 1.20. The first-order valence-electron chi connectivity index (χ1n) is 2.89. The van der Waals surface area contributed by atoms with E-state index in [9.17, 15) is 14.4 Å². The minimum Gasteiger partial charge on any atom is -0.269 e. The number of hydrogen-bond donors (Lipinski definition) is 0. The Bertz CT molecular complexity index is 259. The van der Waals surface area contributed by atoms with Crippen LogP contribution in [-0.2, 0) is 14.4 Å². The summed E-state index contributed by atoms with van der Waals surface area (Å²) in [6, 6.07) is 0. The van der Waals surface area contributed by atoms with Crippen molar-refractivity contribution in [1.29, 1.82) is 0 Å². The largest absolute Gasteiger partial charge is 0.269 e. The SMILES string of the molecule is C=CC(=O)N1C(=O)C=CC1=O. The molecule has 56 valence electrons. The predicted molar refractivity (Wildman–Crippen MR) is 36.2 cm³/mol. The molecule has 0 atom stereocenters. The molecule has 0 saturated carbocycles. The van der Waals surface area contributed by atoms with Crippen molar-refractivity contribution in [3.05, 3.63) is 24.8 Å². The molecule has 0 N–H and O–H groups in total. The molecule has 1 rings (SSSR count). The van der Waals surface area contributed by atoms with Crippen molar-refractivity contribution in [2.75, 3.05) is 0 Å². The molecule has 0 aromatic rings. The van der Waals surface area contributed by atoms with Gasteiger partial charge in [0.25, 0.3) is 17.7 Å². The van der Waals surface area contributed by atoms with Crippen molar-refractivity contribution < 1.29 is 14.4 Å². The van der Waals surface area contributed by atoms with E-state index in [4.69, 9.17) is 0 Å². The number of rotatable bonds is 1. The zero-order valence-electron chi connectivity index (χ0n) is 5.61. The number of imide groups is 3. The van der Waals surface area contributed by atoms with E-state index < -0.39 is 17.7 Å². The Labute approximate surface area is 62.8 Å². The summed E-state index contributed by atoms with van der Waals surface area (Å²) in [4.78, 5) is 32.8. The molecular formula is C7H5NO3. The Morgan fingerprint density at radius 3 is 2.18 bits per heavy atom. The number of hydrogen-bond acceptors (Lipinski definition) is 3. The molecule has 0 saturated heterocycles. The van der Waals surface area contributed by atoms with Gasteiger partial charge in [0.15, 0.2) is 0 Å². The highest BCUT2D eigenvalue weighted by atomic mass is 16.2. The average molecular weight is 151 g/mol. The van der Waals surface area contributed by atoms with Crippen LogP contribution in [0.3, 0.4) is 0 Å². The number of amides is 3. The maximum atomic E-state index is 10.8. The number of carbonyl (C=O) groups excluding carboxylic acids is 3. The first kappa shape index (κ1) is 7.40. The fourth-order valence-electron chi connectivity index (χ4n) is 0.709. The Morgan fingerprint density at radius 2 is 1.82 bits per heavy atom. The fraction of sp³-hybridized carbons (Fsp3) is 0. The van der Waals surface area contributed by atoms with Crippen molar-refractivity contribution in [1.82, 2.24) is 4.90 Å². The third-order valence-electron chi connectivity index (χ3n) is 1.20. The summed E-state index contributed by atoms with van der Waals surface area (Å²) >= 11 is 0. The van der Waals surface area contributed by atoms with Crippen LogP contribution in [0.5, 0.6) is 0 Å². The maximum absolute atomic E-state index is 10.8. The van der Waals surface area contributed by atoms with Crippen LogP contribution in [0, 0.1) is 0 Å². The van der Waals surface area contributed by atoms with Gasteiger partial charge in [0.05, 0.1) is 0 Å². The third kappa shape index (κ3) is 1.10. The molecule has 4 heteroatoms. The van der Waals surface area contributed by atoms with Crippen LogP contribution >= 0.6 is 0 Å². The van der Waals surface area contributed by atoms with Crippen LogP contribution in [0.2, 0.25) is 0 Å². The Hall–Kier alpha value is -1.71. The van der Waals surface area contributed by atoms with E-state index in [0.717, 1.165) is 18.2 Å². The summed E-state index contributed by atoms with van der Waals surface area (Å²) in [5.74, 6) is -1.91. The molecule has 1 aliphatic rings. The first-order valence-corrected chi connectivity index (χ1v) is 2.89. The van der Waals surface area contributed by atoms with Crippen molar-refractivity contribution in [3.8, 4) is 0 Å². The predicted octanol–water partition coefficient (Wildman–Crippen LogP) is -0.376. The summed E-state index contributed by atoms with van der Waals surface area (Å²) < 4.78 is 0. The van der Waals surface area contributed by atoms with E-state index in [-0.39, 0.29) is 0 Å². The molecule has 0 aromatic carbocycles. The summed E-state index contributed by atoms with van der Waals surface area (Å²) in [6.07, 6.45) is 3.01. The molecule has 0 aromatic heterocycles. The molecule has 0 radical (unpaired) electrons. The number of nitrogens with zero attached hydrogens (tertiary/aromatic N) is 1. The molecular weight excluding hydrogens is 146 g/mol. The lowest BCUT2D eigenvalue weighted by Gasteiger charge is -2.06. The second-order valence-corrected chi connectivity index (χ2v) is 1.89. The van der Waals surface area contributed by atoms with Gasteiger partial charge in [0.2, 0.25) is 0 Å². The highest BCUT2D eigenvalue weighted by Crippen LogP contribution is 2.03. The van der Waals surface area contributed by atoms with Crippen LogP contribution < -0.4 is 0 Å². The second-order valence-electron chi connectivity index (χ2n) is 1.89. The molecule has 1 aliphatic heterocycles. The molecule has 4 nitrogen and oxygen atoms in total. The van der Waals surface area contributed by atoms with Gasteiger partial charge in [0, 0.05) is 12.2 Å². The smallest absolute Gasteiger partial charge is 0.260 e. The number of carbonyl (C=O) groups is 3. The summed E-state index contributed by atoms with van der Waals surface area (Å²) in [6.45, 7) is 3.15. The van der Waals surface area contributed by atoms with Gasteiger partial charge in [0.1, 0.15) is 0 Å². The average Bonchev–Trinajstić information content (AvgIpc) is 2.30. The molecule has 0 bridgehead atoms. The Kier molecular flexibility index (Phi) is 1.68.